The average molecular weight is 362 g/mol. The number of aromatic nitrogens is 1. The van der Waals surface area contributed by atoms with E-state index in [-0.39, 0.29) is 0 Å². The lowest BCUT2D eigenvalue weighted by Gasteiger charge is -2.07. The van der Waals surface area contributed by atoms with Crippen molar-refractivity contribution in [2.45, 2.75) is 13.5 Å². The van der Waals surface area contributed by atoms with E-state index in [1.54, 1.807) is 17.5 Å². The zero-order valence-corrected chi connectivity index (χ0v) is 12.6. The van der Waals surface area contributed by atoms with Crippen molar-refractivity contribution in [3.05, 3.63) is 43.1 Å². The van der Waals surface area contributed by atoms with Crippen LogP contribution in [0.25, 0.3) is 0 Å². The third-order valence-corrected chi connectivity index (χ3v) is 4.16. The molecule has 0 unspecified atom stereocenters. The third-order valence-electron chi connectivity index (χ3n) is 2.22. The summed E-state index contributed by atoms with van der Waals surface area (Å²) in [6.45, 7) is 2.93. The van der Waals surface area contributed by atoms with Gasteiger partial charge in [-0.15, -0.1) is 0 Å². The number of hydrogen-bond donors (Lipinski definition) is 1. The van der Waals surface area contributed by atoms with Crippen molar-refractivity contribution in [3.8, 4) is 0 Å². The van der Waals surface area contributed by atoms with E-state index in [4.69, 9.17) is 0 Å². The normalized spacial score (nSPS) is 10.4. The summed E-state index contributed by atoms with van der Waals surface area (Å²) >= 11 is 8.58. The van der Waals surface area contributed by atoms with Crippen LogP contribution in [-0.2, 0) is 6.54 Å². The van der Waals surface area contributed by atoms with Gasteiger partial charge in [-0.2, -0.15) is 11.3 Å². The molecule has 0 aliphatic heterocycles. The summed E-state index contributed by atoms with van der Waals surface area (Å²) in [7, 11) is 0. The van der Waals surface area contributed by atoms with E-state index >= 15 is 0 Å². The van der Waals surface area contributed by atoms with Crippen LogP contribution in [-0.4, -0.2) is 4.98 Å². The van der Waals surface area contributed by atoms with Gasteiger partial charge in [0.15, 0.2) is 0 Å². The highest BCUT2D eigenvalue weighted by Crippen LogP contribution is 2.24. The van der Waals surface area contributed by atoms with E-state index in [1.807, 2.05) is 6.07 Å². The van der Waals surface area contributed by atoms with Crippen molar-refractivity contribution < 1.29 is 0 Å². The van der Waals surface area contributed by atoms with E-state index in [2.05, 4.69) is 59.8 Å². The Morgan fingerprint density at radius 1 is 1.38 bits per heavy atom. The minimum absolute atomic E-state index is 0.808. The number of thiophene rings is 1. The summed E-state index contributed by atoms with van der Waals surface area (Å²) in [5, 5.41) is 7.63. The molecule has 0 bridgehead atoms. The third kappa shape index (κ3) is 2.84. The van der Waals surface area contributed by atoms with Crippen LogP contribution in [0, 0.1) is 6.92 Å². The van der Waals surface area contributed by atoms with Crippen LogP contribution in [0.3, 0.4) is 0 Å². The van der Waals surface area contributed by atoms with Crippen molar-refractivity contribution in [1.29, 1.82) is 0 Å². The number of nitrogens with zero attached hydrogens (tertiary/aromatic N) is 1. The maximum atomic E-state index is 4.31. The van der Waals surface area contributed by atoms with Gasteiger partial charge in [0, 0.05) is 17.2 Å². The molecule has 0 radical (unpaired) electrons. The predicted octanol–water partition coefficient (Wildman–Crippen LogP) is 4.59. The Morgan fingerprint density at radius 2 is 2.19 bits per heavy atom. The lowest BCUT2D eigenvalue weighted by atomic mass is 10.2. The van der Waals surface area contributed by atoms with Crippen molar-refractivity contribution in [3.63, 3.8) is 0 Å². The average Bonchev–Trinajstić information content (AvgIpc) is 2.63. The SMILES string of the molecule is Cc1cscc1CNc1ncc(Br)cc1Br. The van der Waals surface area contributed by atoms with Crippen molar-refractivity contribution >= 4 is 49.0 Å². The van der Waals surface area contributed by atoms with Gasteiger partial charge in [0.25, 0.3) is 0 Å². The predicted molar refractivity (Wildman–Crippen MR) is 76.0 cm³/mol. The monoisotopic (exact) mass is 360 g/mol. The number of rotatable bonds is 3. The lowest BCUT2D eigenvalue weighted by Crippen LogP contribution is -2.02. The van der Waals surface area contributed by atoms with E-state index in [0.29, 0.717) is 0 Å². The van der Waals surface area contributed by atoms with Gasteiger partial charge in [-0.3, -0.25) is 0 Å². The van der Waals surface area contributed by atoms with Gasteiger partial charge in [0.2, 0.25) is 0 Å². The molecule has 0 aromatic carbocycles. The summed E-state index contributed by atoms with van der Waals surface area (Å²) in [5.41, 5.74) is 2.65. The first kappa shape index (κ1) is 12.1. The molecule has 16 heavy (non-hydrogen) atoms. The van der Waals surface area contributed by atoms with Crippen LogP contribution in [0.4, 0.5) is 5.82 Å². The highest BCUT2D eigenvalue weighted by molar-refractivity contribution is 9.11. The molecule has 0 aliphatic rings. The molecule has 2 nitrogen and oxygen atoms in total. The van der Waals surface area contributed by atoms with Crippen LogP contribution in [0.5, 0.6) is 0 Å². The number of nitrogens with one attached hydrogen (secondary N) is 1. The Bertz CT molecular complexity index is 496. The standard InChI is InChI=1S/C11H10Br2N2S/c1-7-5-16-6-8(7)3-14-11-10(13)2-9(12)4-15-11/h2,4-6H,3H2,1H3,(H,14,15). The van der Waals surface area contributed by atoms with Crippen LogP contribution in [0.15, 0.2) is 32.0 Å². The molecule has 5 heteroatoms. The van der Waals surface area contributed by atoms with Crippen LogP contribution in [0.1, 0.15) is 11.1 Å². The Kier molecular flexibility index (Phi) is 4.00. The molecule has 2 rings (SSSR count). The minimum atomic E-state index is 0.808. The Balaban J connectivity index is 2.08. The zero-order chi connectivity index (χ0) is 11.5. The first-order chi connectivity index (χ1) is 7.66. The summed E-state index contributed by atoms with van der Waals surface area (Å²) < 4.78 is 1.94. The summed E-state index contributed by atoms with van der Waals surface area (Å²) in [4.78, 5) is 4.31. The molecule has 0 aliphatic carbocycles. The molecule has 0 atom stereocenters. The van der Waals surface area contributed by atoms with Gasteiger partial charge in [0.1, 0.15) is 5.82 Å². The first-order valence-electron chi connectivity index (χ1n) is 4.73. The molecule has 1 N–H and O–H groups in total. The van der Waals surface area contributed by atoms with Gasteiger partial charge in [-0.1, -0.05) is 0 Å². The maximum absolute atomic E-state index is 4.31. The second-order valence-electron chi connectivity index (χ2n) is 3.42. The van der Waals surface area contributed by atoms with Crippen LogP contribution < -0.4 is 5.32 Å². The van der Waals surface area contributed by atoms with Crippen molar-refractivity contribution in [1.82, 2.24) is 4.98 Å². The van der Waals surface area contributed by atoms with Gasteiger partial charge in [-0.25, -0.2) is 4.98 Å². The molecule has 0 spiro atoms. The van der Waals surface area contributed by atoms with Gasteiger partial charge in [-0.05, 0) is 66.7 Å². The molecule has 0 fully saturated rings. The Labute approximate surface area is 115 Å². The van der Waals surface area contributed by atoms with Gasteiger partial charge in [0.05, 0.1) is 4.47 Å². The largest absolute Gasteiger partial charge is 0.365 e. The molecule has 84 valence electrons. The maximum Gasteiger partial charge on any atom is 0.140 e. The Hall–Kier alpha value is -0.390. The molecule has 0 amide bonds. The zero-order valence-electron chi connectivity index (χ0n) is 8.63. The highest BCUT2D eigenvalue weighted by Gasteiger charge is 2.03. The van der Waals surface area contributed by atoms with E-state index < -0.39 is 0 Å². The summed E-state index contributed by atoms with van der Waals surface area (Å²) in [5.74, 6) is 0.869. The molecule has 0 saturated carbocycles. The molecule has 2 heterocycles. The van der Waals surface area contributed by atoms with Crippen molar-refractivity contribution in [2.24, 2.45) is 0 Å². The fourth-order valence-electron chi connectivity index (χ4n) is 1.29. The number of anilines is 1. The Morgan fingerprint density at radius 3 is 2.81 bits per heavy atom. The quantitative estimate of drug-likeness (QED) is 0.864. The fraction of sp³-hybridized carbons (Fsp3) is 0.182. The summed E-state index contributed by atoms with van der Waals surface area (Å²) in [6, 6.07) is 1.98. The summed E-state index contributed by atoms with van der Waals surface area (Å²) in [6.07, 6.45) is 1.79. The van der Waals surface area contributed by atoms with Gasteiger partial charge < -0.3 is 5.32 Å². The van der Waals surface area contributed by atoms with Crippen molar-refractivity contribution in [2.75, 3.05) is 5.32 Å². The fourth-order valence-corrected chi connectivity index (χ4v) is 3.28. The topological polar surface area (TPSA) is 24.9 Å². The number of aryl methyl sites for hydroxylation is 1. The first-order valence-corrected chi connectivity index (χ1v) is 7.26. The van der Waals surface area contributed by atoms with Gasteiger partial charge >= 0.3 is 0 Å². The highest BCUT2D eigenvalue weighted by atomic mass is 79.9. The molecule has 0 saturated heterocycles. The number of hydrogen-bond acceptors (Lipinski definition) is 3. The molecular formula is C11H10Br2N2S. The lowest BCUT2D eigenvalue weighted by molar-refractivity contribution is 1.09. The molecular weight excluding hydrogens is 352 g/mol. The number of pyridine rings is 1. The second-order valence-corrected chi connectivity index (χ2v) is 5.93. The second kappa shape index (κ2) is 5.29. The smallest absolute Gasteiger partial charge is 0.140 e. The molecule has 2 aromatic heterocycles. The van der Waals surface area contributed by atoms with E-state index in [1.165, 1.54) is 11.1 Å². The van der Waals surface area contributed by atoms with Crippen LogP contribution >= 0.6 is 43.2 Å². The number of halogens is 2. The molecule has 2 aromatic rings. The van der Waals surface area contributed by atoms with E-state index in [0.717, 1.165) is 21.3 Å². The van der Waals surface area contributed by atoms with E-state index in [9.17, 15) is 0 Å². The van der Waals surface area contributed by atoms with Crippen LogP contribution in [0.2, 0.25) is 0 Å². The minimum Gasteiger partial charge on any atom is -0.365 e.